The van der Waals surface area contributed by atoms with Gasteiger partial charge in [-0.25, -0.2) is 0 Å². The van der Waals surface area contributed by atoms with Crippen LogP contribution in [0.4, 0.5) is 5.69 Å². The first-order valence-electron chi connectivity index (χ1n) is 12.8. The molecule has 3 heteroatoms. The van der Waals surface area contributed by atoms with E-state index in [-0.39, 0.29) is 6.04 Å². The summed E-state index contributed by atoms with van der Waals surface area (Å²) in [6.45, 7) is 7.47. The highest BCUT2D eigenvalue weighted by atomic mass is 127. The average molecular weight is 593 g/mol. The van der Waals surface area contributed by atoms with Crippen molar-refractivity contribution in [3.8, 4) is 11.1 Å². The molecular formula is C34H29IN2. The van der Waals surface area contributed by atoms with Gasteiger partial charge in [0.15, 0.2) is 0 Å². The molecule has 2 aliphatic rings. The fourth-order valence-corrected chi connectivity index (χ4v) is 6.09. The number of anilines is 1. The second-order valence-electron chi connectivity index (χ2n) is 9.58. The van der Waals surface area contributed by atoms with Crippen molar-refractivity contribution in [2.24, 2.45) is 0 Å². The number of hydrogen-bond donors (Lipinski definition) is 0. The van der Waals surface area contributed by atoms with E-state index in [1.165, 1.54) is 49.8 Å². The maximum atomic E-state index is 4.47. The second kappa shape index (κ2) is 10.1. The fourth-order valence-electron chi connectivity index (χ4n) is 5.42. The Morgan fingerprint density at radius 2 is 1.65 bits per heavy atom. The third kappa shape index (κ3) is 4.42. The molecule has 0 unspecified atom stereocenters. The Morgan fingerprint density at radius 1 is 0.892 bits per heavy atom. The van der Waals surface area contributed by atoms with Gasteiger partial charge in [0.1, 0.15) is 0 Å². The van der Waals surface area contributed by atoms with Crippen LogP contribution >= 0.6 is 22.9 Å². The van der Waals surface area contributed by atoms with Gasteiger partial charge < -0.3 is 7.68 Å². The molecule has 0 atom stereocenters. The molecule has 3 aromatic carbocycles. The molecule has 0 N–H and O–H groups in total. The highest BCUT2D eigenvalue weighted by Gasteiger charge is 2.18. The number of fused-ring (bicyclic) bond motifs is 4. The predicted octanol–water partition coefficient (Wildman–Crippen LogP) is 9.76. The number of aromatic nitrogens is 1. The largest absolute Gasteiger partial charge is 0.330 e. The Kier molecular flexibility index (Phi) is 6.47. The third-order valence-corrected chi connectivity index (χ3v) is 8.25. The molecule has 1 aromatic heterocycles. The third-order valence-electron chi connectivity index (χ3n) is 7.24. The van der Waals surface area contributed by atoms with E-state index in [0.717, 1.165) is 18.5 Å². The molecule has 0 bridgehead atoms. The zero-order valence-electron chi connectivity index (χ0n) is 20.9. The average Bonchev–Trinajstić information content (AvgIpc) is 3.56. The minimum absolute atomic E-state index is 0.255. The van der Waals surface area contributed by atoms with Crippen LogP contribution in [0.1, 0.15) is 24.9 Å². The van der Waals surface area contributed by atoms with Gasteiger partial charge in [-0.05, 0) is 65.9 Å². The van der Waals surface area contributed by atoms with E-state index in [2.05, 4.69) is 152 Å². The zero-order valence-corrected chi connectivity index (χ0v) is 23.1. The Labute approximate surface area is 232 Å². The molecule has 0 radical (unpaired) electrons. The van der Waals surface area contributed by atoms with Crippen molar-refractivity contribution >= 4 is 55.9 Å². The summed E-state index contributed by atoms with van der Waals surface area (Å²) in [4.78, 5) is 0. The number of rotatable bonds is 4. The van der Waals surface area contributed by atoms with Gasteiger partial charge in [-0.3, -0.25) is 0 Å². The summed E-state index contributed by atoms with van der Waals surface area (Å²) in [5.41, 5.74) is 9.73. The van der Waals surface area contributed by atoms with Crippen molar-refractivity contribution in [2.45, 2.75) is 19.4 Å². The highest BCUT2D eigenvalue weighted by molar-refractivity contribution is 14.1. The van der Waals surface area contributed by atoms with E-state index in [9.17, 15) is 0 Å². The molecule has 0 fully saturated rings. The van der Waals surface area contributed by atoms with Gasteiger partial charge in [-0.1, -0.05) is 91.6 Å². The van der Waals surface area contributed by atoms with Gasteiger partial charge in [0.2, 0.25) is 0 Å². The summed E-state index contributed by atoms with van der Waals surface area (Å²) < 4.78 is 4.76. The van der Waals surface area contributed by atoms with Gasteiger partial charge >= 0.3 is 0 Å². The smallest absolute Gasteiger partial charge is 0.0712 e. The molecule has 6 rings (SSSR count). The molecule has 2 nitrogen and oxygen atoms in total. The number of halogens is 1. The number of nitrogens with zero attached hydrogens (tertiary/aromatic N) is 2. The number of benzene rings is 3. The molecule has 4 aromatic rings. The maximum Gasteiger partial charge on any atom is 0.0712 e. The molecule has 0 spiro atoms. The summed E-state index contributed by atoms with van der Waals surface area (Å²) in [7, 11) is 0. The zero-order chi connectivity index (χ0) is 25.4. The summed E-state index contributed by atoms with van der Waals surface area (Å²) in [5, 5.41) is 2.59. The number of hydrogen-bond acceptors (Lipinski definition) is 1. The van der Waals surface area contributed by atoms with Crippen LogP contribution in [0, 0.1) is 0 Å². The van der Waals surface area contributed by atoms with Gasteiger partial charge in [0, 0.05) is 33.9 Å². The van der Waals surface area contributed by atoms with Gasteiger partial charge in [-0.2, -0.15) is 0 Å². The van der Waals surface area contributed by atoms with E-state index in [4.69, 9.17) is 0 Å². The van der Waals surface area contributed by atoms with Crippen molar-refractivity contribution in [3.05, 3.63) is 133 Å². The predicted molar refractivity (Wildman–Crippen MR) is 169 cm³/mol. The van der Waals surface area contributed by atoms with Crippen LogP contribution in [0.25, 0.3) is 38.5 Å². The van der Waals surface area contributed by atoms with E-state index in [0.29, 0.717) is 0 Å². The summed E-state index contributed by atoms with van der Waals surface area (Å²) in [5.74, 6) is 0. The summed E-state index contributed by atoms with van der Waals surface area (Å²) in [6.07, 6.45) is 20.4. The summed E-state index contributed by atoms with van der Waals surface area (Å²) >= 11 is 2.44. The van der Waals surface area contributed by atoms with Gasteiger partial charge in [0.05, 0.1) is 34.6 Å². The van der Waals surface area contributed by atoms with Crippen LogP contribution in [0.15, 0.2) is 127 Å². The van der Waals surface area contributed by atoms with Crippen LogP contribution in [-0.2, 0) is 0 Å². The molecule has 37 heavy (non-hydrogen) atoms. The van der Waals surface area contributed by atoms with E-state index in [1.807, 2.05) is 6.92 Å². The molecule has 1 aliphatic carbocycles. The lowest BCUT2D eigenvalue weighted by molar-refractivity contribution is 0.791. The van der Waals surface area contributed by atoms with Crippen LogP contribution in [0.3, 0.4) is 0 Å². The normalized spacial score (nSPS) is 17.7. The Bertz CT molecular complexity index is 1660. The quantitative estimate of drug-likeness (QED) is 0.130. The monoisotopic (exact) mass is 592 g/mol. The topological polar surface area (TPSA) is 8.17 Å². The Hall–Kier alpha value is -3.57. The van der Waals surface area contributed by atoms with Crippen LogP contribution < -0.4 is 3.11 Å². The highest BCUT2D eigenvalue weighted by Crippen LogP contribution is 2.39. The first kappa shape index (κ1) is 23.8. The molecule has 1 aliphatic heterocycles. The van der Waals surface area contributed by atoms with E-state index >= 15 is 0 Å². The lowest BCUT2D eigenvalue weighted by Crippen LogP contribution is -2.14. The van der Waals surface area contributed by atoms with Crippen LogP contribution in [-0.4, -0.2) is 11.1 Å². The van der Waals surface area contributed by atoms with E-state index < -0.39 is 0 Å². The molecule has 0 saturated heterocycles. The van der Waals surface area contributed by atoms with Crippen molar-refractivity contribution in [1.29, 1.82) is 0 Å². The number of para-hydroxylation sites is 1. The molecule has 2 heterocycles. The van der Waals surface area contributed by atoms with Crippen molar-refractivity contribution in [3.63, 3.8) is 0 Å². The molecule has 0 amide bonds. The van der Waals surface area contributed by atoms with Crippen LogP contribution in [0.5, 0.6) is 0 Å². The lowest BCUT2D eigenvalue weighted by atomic mass is 9.94. The lowest BCUT2D eigenvalue weighted by Gasteiger charge is -2.24. The minimum atomic E-state index is 0.255. The van der Waals surface area contributed by atoms with Crippen LogP contribution in [0.2, 0.25) is 0 Å². The first-order valence-corrected chi connectivity index (χ1v) is 13.7. The molecule has 0 saturated carbocycles. The van der Waals surface area contributed by atoms with E-state index in [1.54, 1.807) is 0 Å². The van der Waals surface area contributed by atoms with Gasteiger partial charge in [-0.15, -0.1) is 0 Å². The van der Waals surface area contributed by atoms with Crippen molar-refractivity contribution < 1.29 is 0 Å². The Balaban J connectivity index is 1.46. The molecular weight excluding hydrogens is 563 g/mol. The van der Waals surface area contributed by atoms with Crippen molar-refractivity contribution in [2.75, 3.05) is 9.66 Å². The summed E-state index contributed by atoms with van der Waals surface area (Å²) in [6, 6.07) is 22.7. The molecule has 182 valence electrons. The first-order chi connectivity index (χ1) is 18.1. The minimum Gasteiger partial charge on any atom is -0.330 e. The van der Waals surface area contributed by atoms with Crippen molar-refractivity contribution in [1.82, 2.24) is 4.57 Å². The number of allylic oxidation sites excluding steroid dienone is 10. The SMILES string of the molecule is C=C1\C=C(/C=C\C=C/C)CCN(I)c2ccc(-c3ccc4c(c3)c3ccccc3n4C3C=CC=C3)cc21. The Morgan fingerprint density at radius 3 is 2.49 bits per heavy atom. The second-order valence-corrected chi connectivity index (χ2v) is 10.7. The van der Waals surface area contributed by atoms with Gasteiger partial charge in [0.25, 0.3) is 0 Å². The maximum absolute atomic E-state index is 4.47. The standard InChI is InChI=1S/C34H29IN2/c1-3-4-5-10-25-19-20-36(35)32-17-15-26(22-30(32)24(2)21-25)27-16-18-34-31(23-27)29-13-8-9-14-33(29)37(34)28-11-6-7-12-28/h3-18,21-23,28H,2,19-20H2,1H3/b4-3-,10-5-,25-21+. The fraction of sp³-hybridized carbons (Fsp3) is 0.118.